The molecule has 0 fully saturated rings. The predicted octanol–water partition coefficient (Wildman–Crippen LogP) is 3.57. The van der Waals surface area contributed by atoms with E-state index in [4.69, 9.17) is 0 Å². The zero-order valence-corrected chi connectivity index (χ0v) is 11.7. The fraction of sp³-hybridized carbons (Fsp3) is 0.125. The molecule has 0 spiro atoms. The highest BCUT2D eigenvalue weighted by molar-refractivity contribution is 7.82. The monoisotopic (exact) mass is 271 g/mol. The molecule has 0 N–H and O–H groups in total. The van der Waals surface area contributed by atoms with E-state index in [1.165, 1.54) is 0 Å². The molecular formula is C16H17NOS. The molecule has 0 aliphatic heterocycles. The van der Waals surface area contributed by atoms with E-state index in [1.54, 1.807) is 0 Å². The molecule has 2 nitrogen and oxygen atoms in total. The van der Waals surface area contributed by atoms with E-state index in [2.05, 4.69) is 6.58 Å². The third kappa shape index (κ3) is 3.19. The maximum absolute atomic E-state index is 12.5. The van der Waals surface area contributed by atoms with Gasteiger partial charge >= 0.3 is 0 Å². The number of hydrogen-bond donors (Lipinski definition) is 0. The normalized spacial score (nSPS) is 14.0. The summed E-state index contributed by atoms with van der Waals surface area (Å²) in [5, 5.41) is 0. The molecule has 98 valence electrons. The summed E-state index contributed by atoms with van der Waals surface area (Å²) in [7, 11) is 0.653. The van der Waals surface area contributed by atoms with E-state index < -0.39 is 11.0 Å². The molecule has 0 saturated carbocycles. The lowest BCUT2D eigenvalue weighted by Crippen LogP contribution is -2.25. The molecule has 1 unspecified atom stereocenters. The Morgan fingerprint density at radius 3 is 2.11 bits per heavy atom. The van der Waals surface area contributed by atoms with Crippen LogP contribution >= 0.6 is 0 Å². The van der Waals surface area contributed by atoms with Crippen LogP contribution in [0, 0.1) is 0 Å². The van der Waals surface area contributed by atoms with Crippen LogP contribution in [0.4, 0.5) is 0 Å². The van der Waals surface area contributed by atoms with Crippen molar-refractivity contribution in [2.75, 3.05) is 7.05 Å². The fourth-order valence-corrected chi connectivity index (χ4v) is 3.09. The van der Waals surface area contributed by atoms with Gasteiger partial charge in [0.1, 0.15) is 11.0 Å². The molecule has 2 atom stereocenters. The molecule has 2 aromatic rings. The van der Waals surface area contributed by atoms with Gasteiger partial charge in [0.15, 0.2) is 0 Å². The van der Waals surface area contributed by atoms with Crippen molar-refractivity contribution in [1.82, 2.24) is 4.31 Å². The van der Waals surface area contributed by atoms with Gasteiger partial charge in [-0.05, 0) is 17.7 Å². The lowest BCUT2D eigenvalue weighted by molar-refractivity contribution is 0.465. The van der Waals surface area contributed by atoms with Crippen molar-refractivity contribution in [1.29, 1.82) is 0 Å². The minimum absolute atomic E-state index is 0.0674. The van der Waals surface area contributed by atoms with E-state index in [9.17, 15) is 4.21 Å². The van der Waals surface area contributed by atoms with Gasteiger partial charge in [-0.1, -0.05) is 54.6 Å². The molecule has 3 heteroatoms. The molecular weight excluding hydrogens is 254 g/mol. The number of nitrogens with zero attached hydrogens (tertiary/aromatic N) is 1. The number of hydrogen-bond acceptors (Lipinski definition) is 1. The van der Waals surface area contributed by atoms with E-state index in [0.717, 1.165) is 10.5 Å². The Morgan fingerprint density at radius 2 is 1.58 bits per heavy atom. The van der Waals surface area contributed by atoms with Crippen LogP contribution in [0.1, 0.15) is 11.6 Å². The van der Waals surface area contributed by atoms with Crippen molar-refractivity contribution in [3.05, 3.63) is 78.9 Å². The average molecular weight is 271 g/mol. The van der Waals surface area contributed by atoms with Gasteiger partial charge in [0.05, 0.1) is 10.9 Å². The van der Waals surface area contributed by atoms with E-state index >= 15 is 0 Å². The van der Waals surface area contributed by atoms with Crippen molar-refractivity contribution in [3.63, 3.8) is 0 Å². The first-order chi connectivity index (χ1) is 9.24. The lowest BCUT2D eigenvalue weighted by Gasteiger charge is -2.24. The summed E-state index contributed by atoms with van der Waals surface area (Å²) in [5.41, 5.74) is 1.09. The van der Waals surface area contributed by atoms with Gasteiger partial charge in [-0.15, -0.1) is 6.58 Å². The summed E-state index contributed by atoms with van der Waals surface area (Å²) in [4.78, 5) is 0.799. The largest absolute Gasteiger partial charge is 0.237 e. The maximum Gasteiger partial charge on any atom is 0.128 e. The SMILES string of the molecule is C=CC(c1ccccc1)N(C)[S@@](=O)c1ccccc1. The second kappa shape index (κ2) is 6.45. The van der Waals surface area contributed by atoms with E-state index in [-0.39, 0.29) is 6.04 Å². The molecule has 0 saturated heterocycles. The first-order valence-electron chi connectivity index (χ1n) is 6.11. The van der Waals surface area contributed by atoms with Gasteiger partial charge < -0.3 is 0 Å². The Balaban J connectivity index is 2.25. The minimum atomic E-state index is -1.20. The summed E-state index contributed by atoms with van der Waals surface area (Å²) in [6.45, 7) is 3.86. The third-order valence-electron chi connectivity index (χ3n) is 2.96. The predicted molar refractivity (Wildman–Crippen MR) is 80.0 cm³/mol. The van der Waals surface area contributed by atoms with Crippen molar-refractivity contribution in [3.8, 4) is 0 Å². The molecule has 19 heavy (non-hydrogen) atoms. The summed E-state index contributed by atoms with van der Waals surface area (Å²) >= 11 is 0. The molecule has 0 amide bonds. The molecule has 0 aliphatic carbocycles. The van der Waals surface area contributed by atoms with Crippen LogP contribution in [0.25, 0.3) is 0 Å². The molecule has 0 aliphatic rings. The number of likely N-dealkylation sites (N-methyl/N-ethyl adjacent to an activating group) is 1. The van der Waals surface area contributed by atoms with Gasteiger partial charge in [-0.25, -0.2) is 8.51 Å². The summed E-state index contributed by atoms with van der Waals surface area (Å²) in [6, 6.07) is 19.4. The summed E-state index contributed by atoms with van der Waals surface area (Å²) in [5.74, 6) is 0. The Morgan fingerprint density at radius 1 is 1.05 bits per heavy atom. The number of benzene rings is 2. The van der Waals surface area contributed by atoms with Crippen LogP contribution < -0.4 is 0 Å². The van der Waals surface area contributed by atoms with Gasteiger partial charge in [-0.3, -0.25) is 0 Å². The van der Waals surface area contributed by atoms with Crippen molar-refractivity contribution < 1.29 is 4.21 Å². The topological polar surface area (TPSA) is 20.3 Å². The van der Waals surface area contributed by atoms with Gasteiger partial charge in [0, 0.05) is 7.05 Å². The third-order valence-corrected chi connectivity index (χ3v) is 4.39. The van der Waals surface area contributed by atoms with Gasteiger partial charge in [-0.2, -0.15) is 0 Å². The smallest absolute Gasteiger partial charge is 0.128 e. The first kappa shape index (κ1) is 13.7. The first-order valence-corrected chi connectivity index (χ1v) is 7.22. The van der Waals surface area contributed by atoms with Crippen molar-refractivity contribution in [2.45, 2.75) is 10.9 Å². The zero-order valence-electron chi connectivity index (χ0n) is 10.9. The molecule has 0 heterocycles. The van der Waals surface area contributed by atoms with Crippen molar-refractivity contribution >= 4 is 11.0 Å². The highest BCUT2D eigenvalue weighted by Gasteiger charge is 2.19. The standard InChI is InChI=1S/C16H17NOS/c1-3-16(14-10-6-4-7-11-14)17(2)19(18)15-12-8-5-9-13-15/h3-13,16H,1H2,2H3/t16?,19-/m0/s1. The second-order valence-corrected chi connectivity index (χ2v) is 5.75. The van der Waals surface area contributed by atoms with Crippen LogP contribution in [0.5, 0.6) is 0 Å². The quantitative estimate of drug-likeness (QED) is 0.761. The van der Waals surface area contributed by atoms with E-state index in [0.29, 0.717) is 0 Å². The second-order valence-electron chi connectivity index (χ2n) is 4.20. The molecule has 0 bridgehead atoms. The average Bonchev–Trinajstić information content (AvgIpc) is 2.49. The van der Waals surface area contributed by atoms with Gasteiger partial charge in [0.2, 0.25) is 0 Å². The van der Waals surface area contributed by atoms with Crippen LogP contribution in [-0.4, -0.2) is 15.6 Å². The van der Waals surface area contributed by atoms with Crippen LogP contribution in [0.2, 0.25) is 0 Å². The zero-order chi connectivity index (χ0) is 13.7. The van der Waals surface area contributed by atoms with E-state index in [1.807, 2.05) is 78.1 Å². The van der Waals surface area contributed by atoms with Crippen LogP contribution in [-0.2, 0) is 11.0 Å². The lowest BCUT2D eigenvalue weighted by atomic mass is 10.1. The molecule has 0 aromatic heterocycles. The summed E-state index contributed by atoms with van der Waals surface area (Å²) in [6.07, 6.45) is 1.82. The Labute approximate surface area is 117 Å². The van der Waals surface area contributed by atoms with Crippen LogP contribution in [0.15, 0.2) is 78.2 Å². The van der Waals surface area contributed by atoms with Crippen molar-refractivity contribution in [2.24, 2.45) is 0 Å². The van der Waals surface area contributed by atoms with Crippen LogP contribution in [0.3, 0.4) is 0 Å². The highest BCUT2D eigenvalue weighted by atomic mass is 32.2. The maximum atomic E-state index is 12.5. The minimum Gasteiger partial charge on any atom is -0.237 e. The molecule has 2 rings (SSSR count). The Hall–Kier alpha value is -1.71. The fourth-order valence-electron chi connectivity index (χ4n) is 1.95. The Bertz CT molecular complexity index is 553. The molecule has 0 radical (unpaired) electrons. The summed E-state index contributed by atoms with van der Waals surface area (Å²) < 4.78 is 14.3. The Kier molecular flexibility index (Phi) is 4.66. The molecule has 2 aromatic carbocycles. The number of rotatable bonds is 5. The highest BCUT2D eigenvalue weighted by Crippen LogP contribution is 2.24. The van der Waals surface area contributed by atoms with Gasteiger partial charge in [0.25, 0.3) is 0 Å².